The number of rotatable bonds is 19. The highest BCUT2D eigenvalue weighted by Crippen LogP contribution is 2.12. The summed E-state index contributed by atoms with van der Waals surface area (Å²) in [6, 6.07) is 0. The number of hydrogen-bond acceptors (Lipinski definition) is 2. The summed E-state index contributed by atoms with van der Waals surface area (Å²) in [5.74, 6) is -0.671. The summed E-state index contributed by atoms with van der Waals surface area (Å²) in [5.41, 5.74) is 0. The number of aliphatic hydroxyl groups is 1. The molecular weight excluding hydrogens is 312 g/mol. The van der Waals surface area contributed by atoms with Crippen LogP contribution in [0.3, 0.4) is 0 Å². The summed E-state index contributed by atoms with van der Waals surface area (Å²) in [4.78, 5) is 10.4. The molecule has 0 aliphatic carbocycles. The molecule has 0 rings (SSSR count). The summed E-state index contributed by atoms with van der Waals surface area (Å²) in [6.07, 6.45) is 23.2. The van der Waals surface area contributed by atoms with E-state index in [0.717, 1.165) is 38.5 Å². The Morgan fingerprint density at radius 2 is 1.36 bits per heavy atom. The first-order chi connectivity index (χ1) is 12.2. The fraction of sp³-hybridized carbons (Fsp3) is 0.864. The maximum absolute atomic E-state index is 10.4. The lowest BCUT2D eigenvalue weighted by Crippen LogP contribution is -2.04. The lowest BCUT2D eigenvalue weighted by atomic mass is 10.0. The van der Waals surface area contributed by atoms with Gasteiger partial charge in [-0.3, -0.25) is 4.79 Å². The molecule has 25 heavy (non-hydrogen) atoms. The number of unbranched alkanes of at least 4 members (excludes halogenated alkanes) is 12. The topological polar surface area (TPSA) is 57.5 Å². The predicted molar refractivity (Wildman–Crippen MR) is 107 cm³/mol. The van der Waals surface area contributed by atoms with E-state index in [1.807, 2.05) is 0 Å². The fourth-order valence-electron chi connectivity index (χ4n) is 3.07. The summed E-state index contributed by atoms with van der Waals surface area (Å²) >= 11 is 0. The second-order valence-electron chi connectivity index (χ2n) is 7.32. The molecule has 0 saturated heterocycles. The molecule has 148 valence electrons. The lowest BCUT2D eigenvalue weighted by molar-refractivity contribution is -0.137. The van der Waals surface area contributed by atoms with Crippen molar-refractivity contribution in [1.82, 2.24) is 0 Å². The van der Waals surface area contributed by atoms with Crippen LogP contribution < -0.4 is 0 Å². The first kappa shape index (κ1) is 24.2. The Kier molecular flexibility index (Phi) is 18.8. The molecular formula is C22H42O3. The van der Waals surface area contributed by atoms with E-state index in [1.54, 1.807) is 0 Å². The van der Waals surface area contributed by atoms with Crippen LogP contribution in [0, 0.1) is 0 Å². The molecule has 0 heterocycles. The Morgan fingerprint density at radius 3 is 1.96 bits per heavy atom. The lowest BCUT2D eigenvalue weighted by Gasteiger charge is -2.07. The maximum atomic E-state index is 10.4. The van der Waals surface area contributed by atoms with E-state index in [2.05, 4.69) is 19.1 Å². The molecule has 0 aliphatic rings. The Morgan fingerprint density at radius 1 is 0.800 bits per heavy atom. The van der Waals surface area contributed by atoms with Crippen molar-refractivity contribution in [3.8, 4) is 0 Å². The first-order valence-electron chi connectivity index (χ1n) is 10.7. The Balaban J connectivity index is 3.20. The molecule has 0 radical (unpaired) electrons. The SMILES string of the molecule is CCCCCCC(O)CC=CCCCCCCCCCCCC(=O)O. The summed E-state index contributed by atoms with van der Waals surface area (Å²) in [5, 5.41) is 18.4. The van der Waals surface area contributed by atoms with Crippen LogP contribution in [0.15, 0.2) is 12.2 Å². The van der Waals surface area contributed by atoms with Gasteiger partial charge >= 0.3 is 5.97 Å². The molecule has 0 aromatic rings. The minimum atomic E-state index is -0.671. The number of allylic oxidation sites excluding steroid dienone is 1. The van der Waals surface area contributed by atoms with Gasteiger partial charge in [0.05, 0.1) is 6.10 Å². The van der Waals surface area contributed by atoms with Crippen molar-refractivity contribution in [2.24, 2.45) is 0 Å². The molecule has 0 fully saturated rings. The molecule has 0 saturated carbocycles. The number of aliphatic carboxylic acids is 1. The van der Waals surface area contributed by atoms with Gasteiger partial charge in [-0.2, -0.15) is 0 Å². The monoisotopic (exact) mass is 354 g/mol. The first-order valence-corrected chi connectivity index (χ1v) is 10.7. The van der Waals surface area contributed by atoms with E-state index in [4.69, 9.17) is 5.11 Å². The largest absolute Gasteiger partial charge is 0.481 e. The fourth-order valence-corrected chi connectivity index (χ4v) is 3.07. The zero-order valence-electron chi connectivity index (χ0n) is 16.6. The van der Waals surface area contributed by atoms with Gasteiger partial charge in [0.25, 0.3) is 0 Å². The third-order valence-corrected chi connectivity index (χ3v) is 4.73. The van der Waals surface area contributed by atoms with Crippen LogP contribution in [0.25, 0.3) is 0 Å². The van der Waals surface area contributed by atoms with Crippen molar-refractivity contribution in [2.75, 3.05) is 0 Å². The molecule has 0 amide bonds. The predicted octanol–water partition coefficient (Wildman–Crippen LogP) is 6.64. The third kappa shape index (κ3) is 21.1. The Labute approximate surface area is 155 Å². The molecule has 0 aromatic heterocycles. The van der Waals surface area contributed by atoms with Crippen LogP contribution in [0.2, 0.25) is 0 Å². The number of aliphatic hydroxyl groups excluding tert-OH is 1. The van der Waals surface area contributed by atoms with Crippen LogP contribution in [-0.4, -0.2) is 22.3 Å². The van der Waals surface area contributed by atoms with Crippen molar-refractivity contribution in [3.05, 3.63) is 12.2 Å². The molecule has 0 aliphatic heterocycles. The highest BCUT2D eigenvalue weighted by atomic mass is 16.4. The van der Waals surface area contributed by atoms with Crippen LogP contribution in [0.5, 0.6) is 0 Å². The summed E-state index contributed by atoms with van der Waals surface area (Å²) in [6.45, 7) is 2.21. The Hall–Kier alpha value is -0.830. The molecule has 0 spiro atoms. The molecule has 2 N–H and O–H groups in total. The van der Waals surface area contributed by atoms with Gasteiger partial charge in [0.2, 0.25) is 0 Å². The van der Waals surface area contributed by atoms with Crippen LogP contribution in [0.4, 0.5) is 0 Å². The Bertz CT molecular complexity index is 312. The van der Waals surface area contributed by atoms with Gasteiger partial charge in [0.15, 0.2) is 0 Å². The summed E-state index contributed by atoms with van der Waals surface area (Å²) < 4.78 is 0. The van der Waals surface area contributed by atoms with E-state index >= 15 is 0 Å². The van der Waals surface area contributed by atoms with Crippen LogP contribution in [0.1, 0.15) is 116 Å². The van der Waals surface area contributed by atoms with Gasteiger partial charge < -0.3 is 10.2 Å². The van der Waals surface area contributed by atoms with Gasteiger partial charge in [-0.25, -0.2) is 0 Å². The zero-order valence-corrected chi connectivity index (χ0v) is 16.6. The minimum Gasteiger partial charge on any atom is -0.481 e. The second kappa shape index (κ2) is 19.5. The third-order valence-electron chi connectivity index (χ3n) is 4.73. The smallest absolute Gasteiger partial charge is 0.303 e. The molecule has 0 bridgehead atoms. The van der Waals surface area contributed by atoms with Gasteiger partial charge in [0, 0.05) is 6.42 Å². The zero-order chi connectivity index (χ0) is 18.6. The average Bonchev–Trinajstić information content (AvgIpc) is 2.58. The normalized spacial score (nSPS) is 12.7. The van der Waals surface area contributed by atoms with Crippen molar-refractivity contribution in [3.63, 3.8) is 0 Å². The van der Waals surface area contributed by atoms with Crippen LogP contribution in [-0.2, 0) is 4.79 Å². The van der Waals surface area contributed by atoms with Gasteiger partial charge in [0.1, 0.15) is 0 Å². The van der Waals surface area contributed by atoms with E-state index in [9.17, 15) is 9.90 Å². The minimum absolute atomic E-state index is 0.149. The van der Waals surface area contributed by atoms with Crippen molar-refractivity contribution >= 4 is 5.97 Å². The van der Waals surface area contributed by atoms with E-state index in [1.165, 1.54) is 64.2 Å². The van der Waals surface area contributed by atoms with Crippen molar-refractivity contribution in [2.45, 2.75) is 122 Å². The molecule has 1 atom stereocenters. The van der Waals surface area contributed by atoms with Gasteiger partial charge in [-0.15, -0.1) is 0 Å². The standard InChI is InChI=1S/C22H42O3/c1-2-3-4-15-18-21(23)19-16-13-11-9-7-5-6-8-10-12-14-17-20-22(24)25/h13,16,21,23H,2-12,14-15,17-20H2,1H3,(H,24,25). The quantitative estimate of drug-likeness (QED) is 0.202. The average molecular weight is 355 g/mol. The van der Waals surface area contributed by atoms with E-state index in [0.29, 0.717) is 6.42 Å². The van der Waals surface area contributed by atoms with E-state index in [-0.39, 0.29) is 6.10 Å². The molecule has 3 heteroatoms. The van der Waals surface area contributed by atoms with E-state index < -0.39 is 5.97 Å². The van der Waals surface area contributed by atoms with Gasteiger partial charge in [-0.1, -0.05) is 89.7 Å². The van der Waals surface area contributed by atoms with Gasteiger partial charge in [-0.05, 0) is 32.1 Å². The number of hydrogen-bond donors (Lipinski definition) is 2. The highest BCUT2D eigenvalue weighted by molar-refractivity contribution is 5.66. The second-order valence-corrected chi connectivity index (χ2v) is 7.32. The maximum Gasteiger partial charge on any atom is 0.303 e. The highest BCUT2D eigenvalue weighted by Gasteiger charge is 2.00. The van der Waals surface area contributed by atoms with Crippen molar-refractivity contribution < 1.29 is 15.0 Å². The number of carboxylic acids is 1. The van der Waals surface area contributed by atoms with Crippen LogP contribution >= 0.6 is 0 Å². The molecule has 0 aromatic carbocycles. The van der Waals surface area contributed by atoms with Crippen molar-refractivity contribution in [1.29, 1.82) is 0 Å². The number of carbonyl (C=O) groups is 1. The molecule has 3 nitrogen and oxygen atoms in total. The molecule has 1 unspecified atom stereocenters. The number of carboxylic acid groups (broad SMARTS) is 1. The summed E-state index contributed by atoms with van der Waals surface area (Å²) in [7, 11) is 0.